The summed E-state index contributed by atoms with van der Waals surface area (Å²) in [5, 5.41) is 3.37. The largest absolute Gasteiger partial charge is 0.364 e. The van der Waals surface area contributed by atoms with Gasteiger partial charge < -0.3 is 10.3 Å². The van der Waals surface area contributed by atoms with E-state index >= 15 is 0 Å². The predicted octanol–water partition coefficient (Wildman–Crippen LogP) is 1.77. The molecule has 6 heteroatoms. The van der Waals surface area contributed by atoms with Gasteiger partial charge in [-0.05, 0) is 18.5 Å². The number of hydrogen-bond acceptors (Lipinski definition) is 4. The molecule has 0 radical (unpaired) electrons. The molecule has 2 aromatic heterocycles. The van der Waals surface area contributed by atoms with E-state index in [4.69, 9.17) is 11.6 Å². The van der Waals surface area contributed by atoms with Crippen molar-refractivity contribution in [3.8, 4) is 0 Å². The minimum atomic E-state index is 0.252. The third-order valence-electron chi connectivity index (χ3n) is 1.84. The van der Waals surface area contributed by atoms with Gasteiger partial charge in [-0.15, -0.1) is 0 Å². The van der Waals surface area contributed by atoms with Crippen LogP contribution in [-0.4, -0.2) is 19.9 Å². The van der Waals surface area contributed by atoms with E-state index in [1.807, 2.05) is 13.0 Å². The molecule has 0 unspecified atom stereocenters. The molecule has 0 aliphatic heterocycles. The first-order chi connectivity index (χ1) is 7.24. The van der Waals surface area contributed by atoms with Crippen LogP contribution in [0, 0.1) is 6.92 Å². The molecular weight excluding hydrogens is 214 g/mol. The Labute approximate surface area is 91.9 Å². The summed E-state index contributed by atoms with van der Waals surface area (Å²) in [5.41, 5.74) is 1.82. The van der Waals surface area contributed by atoms with E-state index in [0.29, 0.717) is 12.4 Å². The van der Waals surface area contributed by atoms with Crippen LogP contribution in [0.4, 0.5) is 5.82 Å². The summed E-state index contributed by atoms with van der Waals surface area (Å²) >= 11 is 5.73. The summed E-state index contributed by atoms with van der Waals surface area (Å²) < 4.78 is 0. The summed E-state index contributed by atoms with van der Waals surface area (Å²) in [7, 11) is 0. The summed E-state index contributed by atoms with van der Waals surface area (Å²) in [6, 6.07) is 1.84. The maximum Gasteiger partial charge on any atom is 0.224 e. The zero-order valence-corrected chi connectivity index (χ0v) is 8.91. The first-order valence-electron chi connectivity index (χ1n) is 4.46. The van der Waals surface area contributed by atoms with Crippen molar-refractivity contribution >= 4 is 17.4 Å². The Balaban J connectivity index is 2.05. The van der Waals surface area contributed by atoms with Gasteiger partial charge in [-0.3, -0.25) is 0 Å². The van der Waals surface area contributed by atoms with Crippen molar-refractivity contribution in [2.45, 2.75) is 13.5 Å². The van der Waals surface area contributed by atoms with E-state index < -0.39 is 0 Å². The second-order valence-corrected chi connectivity index (χ2v) is 3.43. The first-order valence-corrected chi connectivity index (χ1v) is 4.84. The van der Waals surface area contributed by atoms with Gasteiger partial charge in [-0.25, -0.2) is 15.0 Å². The first kappa shape index (κ1) is 9.92. The van der Waals surface area contributed by atoms with Crippen LogP contribution >= 0.6 is 11.6 Å². The van der Waals surface area contributed by atoms with Crippen molar-refractivity contribution < 1.29 is 0 Å². The molecule has 5 nitrogen and oxygen atoms in total. The highest BCUT2D eigenvalue weighted by molar-refractivity contribution is 6.28. The molecule has 0 aliphatic rings. The van der Waals surface area contributed by atoms with Gasteiger partial charge in [0.15, 0.2) is 0 Å². The number of imidazole rings is 1. The molecule has 0 aromatic carbocycles. The van der Waals surface area contributed by atoms with Crippen molar-refractivity contribution in [3.63, 3.8) is 0 Å². The summed E-state index contributed by atoms with van der Waals surface area (Å²) in [6.45, 7) is 2.50. The molecule has 0 aliphatic carbocycles. The molecule has 0 fully saturated rings. The summed E-state index contributed by atoms with van der Waals surface area (Å²) in [6.07, 6.45) is 3.39. The lowest BCUT2D eigenvalue weighted by Gasteiger charge is -2.04. The number of halogens is 1. The molecule has 15 heavy (non-hydrogen) atoms. The average Bonchev–Trinajstić information content (AvgIpc) is 2.65. The third-order valence-corrected chi connectivity index (χ3v) is 2.01. The van der Waals surface area contributed by atoms with Gasteiger partial charge in [0.05, 0.1) is 18.6 Å². The molecule has 78 valence electrons. The lowest BCUT2D eigenvalue weighted by Crippen LogP contribution is -2.02. The molecule has 2 heterocycles. The van der Waals surface area contributed by atoms with Gasteiger partial charge in [-0.1, -0.05) is 0 Å². The fourth-order valence-electron chi connectivity index (χ4n) is 1.19. The Bertz CT molecular complexity index is 420. The van der Waals surface area contributed by atoms with Gasteiger partial charge >= 0.3 is 0 Å². The molecule has 0 saturated carbocycles. The van der Waals surface area contributed by atoms with Gasteiger partial charge in [0.1, 0.15) is 5.82 Å². The monoisotopic (exact) mass is 223 g/mol. The fourth-order valence-corrected chi connectivity index (χ4v) is 1.41. The minimum Gasteiger partial charge on any atom is -0.364 e. The van der Waals surface area contributed by atoms with Crippen LogP contribution in [0.1, 0.15) is 11.4 Å². The number of rotatable bonds is 3. The maximum absolute atomic E-state index is 5.73. The fraction of sp³-hybridized carbons (Fsp3) is 0.222. The minimum absolute atomic E-state index is 0.252. The molecule has 0 bridgehead atoms. The SMILES string of the molecule is Cc1cc(NCc2cnc[nH]2)nc(Cl)n1. The molecule has 2 aromatic rings. The average molecular weight is 224 g/mol. The smallest absolute Gasteiger partial charge is 0.224 e. The number of nitrogens with one attached hydrogen (secondary N) is 2. The summed E-state index contributed by atoms with van der Waals surface area (Å²) in [4.78, 5) is 14.9. The number of nitrogens with zero attached hydrogens (tertiary/aromatic N) is 3. The zero-order chi connectivity index (χ0) is 10.7. The number of hydrogen-bond donors (Lipinski definition) is 2. The van der Waals surface area contributed by atoms with Crippen LogP contribution in [0.5, 0.6) is 0 Å². The van der Waals surface area contributed by atoms with Crippen molar-refractivity contribution in [2.75, 3.05) is 5.32 Å². The maximum atomic E-state index is 5.73. The van der Waals surface area contributed by atoms with Crippen LogP contribution < -0.4 is 5.32 Å². The molecule has 2 N–H and O–H groups in total. The molecule has 0 spiro atoms. The second-order valence-electron chi connectivity index (χ2n) is 3.09. The highest BCUT2D eigenvalue weighted by Crippen LogP contribution is 2.10. The van der Waals surface area contributed by atoms with E-state index in [1.165, 1.54) is 0 Å². The van der Waals surface area contributed by atoms with Crippen LogP contribution in [0.2, 0.25) is 5.28 Å². The van der Waals surface area contributed by atoms with Gasteiger partial charge in [0, 0.05) is 18.0 Å². The zero-order valence-electron chi connectivity index (χ0n) is 8.16. The van der Waals surface area contributed by atoms with Crippen molar-refractivity contribution in [3.05, 3.63) is 35.3 Å². The van der Waals surface area contributed by atoms with E-state index in [9.17, 15) is 0 Å². The lowest BCUT2D eigenvalue weighted by atomic mass is 10.4. The number of anilines is 1. The quantitative estimate of drug-likeness (QED) is 0.779. The van der Waals surface area contributed by atoms with Crippen molar-refractivity contribution in [1.29, 1.82) is 0 Å². The Morgan fingerprint density at radius 2 is 2.33 bits per heavy atom. The Morgan fingerprint density at radius 1 is 1.47 bits per heavy atom. The Hall–Kier alpha value is -1.62. The number of aryl methyl sites for hydroxylation is 1. The van der Waals surface area contributed by atoms with E-state index in [1.54, 1.807) is 12.5 Å². The number of aromatic amines is 1. The normalized spacial score (nSPS) is 10.3. The van der Waals surface area contributed by atoms with Crippen LogP contribution in [0.3, 0.4) is 0 Å². The Morgan fingerprint density at radius 3 is 3.00 bits per heavy atom. The number of aromatic nitrogens is 4. The topological polar surface area (TPSA) is 66.5 Å². The lowest BCUT2D eigenvalue weighted by molar-refractivity contribution is 1.03. The molecule has 0 saturated heterocycles. The molecular formula is C9H10ClN5. The summed E-state index contributed by atoms with van der Waals surface area (Å²) in [5.74, 6) is 0.710. The molecule has 0 amide bonds. The van der Waals surface area contributed by atoms with Crippen molar-refractivity contribution in [2.24, 2.45) is 0 Å². The van der Waals surface area contributed by atoms with Crippen LogP contribution in [0.25, 0.3) is 0 Å². The van der Waals surface area contributed by atoms with Crippen LogP contribution in [-0.2, 0) is 6.54 Å². The molecule has 0 atom stereocenters. The van der Waals surface area contributed by atoms with E-state index in [2.05, 4.69) is 25.3 Å². The third kappa shape index (κ3) is 2.66. The second kappa shape index (κ2) is 4.27. The highest BCUT2D eigenvalue weighted by atomic mass is 35.5. The van der Waals surface area contributed by atoms with Gasteiger partial charge in [-0.2, -0.15) is 0 Å². The predicted molar refractivity (Wildman–Crippen MR) is 57.7 cm³/mol. The van der Waals surface area contributed by atoms with E-state index in [-0.39, 0.29) is 5.28 Å². The van der Waals surface area contributed by atoms with Gasteiger partial charge in [0.2, 0.25) is 5.28 Å². The molecule has 2 rings (SSSR count). The van der Waals surface area contributed by atoms with E-state index in [0.717, 1.165) is 11.4 Å². The van der Waals surface area contributed by atoms with Crippen molar-refractivity contribution in [1.82, 2.24) is 19.9 Å². The number of H-pyrrole nitrogens is 1. The standard InChI is InChI=1S/C9H10ClN5/c1-6-2-8(15-9(10)14-6)12-4-7-3-11-5-13-7/h2-3,5H,4H2,1H3,(H,11,13)(H,12,14,15). The highest BCUT2D eigenvalue weighted by Gasteiger charge is 2.00. The Kier molecular flexibility index (Phi) is 2.82. The van der Waals surface area contributed by atoms with Gasteiger partial charge in [0.25, 0.3) is 0 Å². The van der Waals surface area contributed by atoms with Crippen LogP contribution in [0.15, 0.2) is 18.6 Å².